The van der Waals surface area contributed by atoms with Crippen LogP contribution in [0, 0.1) is 0 Å². The monoisotopic (exact) mass is 319 g/mol. The second-order valence-corrected chi connectivity index (χ2v) is 5.63. The van der Waals surface area contributed by atoms with Gasteiger partial charge in [0.05, 0.1) is 0 Å². The van der Waals surface area contributed by atoms with Crippen LogP contribution in [0.5, 0.6) is 0 Å². The zero-order valence-corrected chi connectivity index (χ0v) is 12.2. The van der Waals surface area contributed by atoms with Gasteiger partial charge in [0.2, 0.25) is 0 Å². The van der Waals surface area contributed by atoms with E-state index in [0.29, 0.717) is 5.69 Å². The van der Waals surface area contributed by atoms with Gasteiger partial charge in [0.1, 0.15) is 0 Å². The molecule has 0 saturated heterocycles. The zero-order chi connectivity index (χ0) is 13.4. The maximum absolute atomic E-state index is 12.3. The molecule has 0 unspecified atom stereocenters. The van der Waals surface area contributed by atoms with Crippen molar-refractivity contribution in [1.82, 2.24) is 9.78 Å². The Morgan fingerprint density at radius 1 is 1.32 bits per heavy atom. The summed E-state index contributed by atoms with van der Waals surface area (Å²) in [6, 6.07) is 7.53. The third-order valence-corrected chi connectivity index (χ3v) is 3.96. The fourth-order valence-corrected chi connectivity index (χ4v) is 2.78. The smallest absolute Gasteiger partial charge is 0.276 e. The van der Waals surface area contributed by atoms with Gasteiger partial charge in [0.25, 0.3) is 5.91 Å². The summed E-state index contributed by atoms with van der Waals surface area (Å²) in [4.78, 5) is 12.3. The molecule has 1 aliphatic carbocycles. The standard InChI is InChI=1S/C14H14BrN3O/c1-18-12-4-2-3-11(12)13(17-18)14(19)16-10-7-5-9(15)6-8-10/h5-8H,2-4H2,1H3,(H,16,19). The van der Waals surface area contributed by atoms with Gasteiger partial charge in [0.15, 0.2) is 5.69 Å². The predicted octanol–water partition coefficient (Wildman–Crippen LogP) is 2.92. The summed E-state index contributed by atoms with van der Waals surface area (Å²) in [6.07, 6.45) is 3.08. The number of nitrogens with one attached hydrogen (secondary N) is 1. The highest BCUT2D eigenvalue weighted by atomic mass is 79.9. The van der Waals surface area contributed by atoms with E-state index in [-0.39, 0.29) is 5.91 Å². The molecule has 3 rings (SSSR count). The summed E-state index contributed by atoms with van der Waals surface area (Å²) >= 11 is 3.37. The fraction of sp³-hybridized carbons (Fsp3) is 0.286. The number of hydrogen-bond acceptors (Lipinski definition) is 2. The second-order valence-electron chi connectivity index (χ2n) is 4.71. The molecule has 2 aromatic rings. The van der Waals surface area contributed by atoms with Gasteiger partial charge in [-0.1, -0.05) is 15.9 Å². The average molecular weight is 320 g/mol. The lowest BCUT2D eigenvalue weighted by Crippen LogP contribution is -2.14. The van der Waals surface area contributed by atoms with Gasteiger partial charge >= 0.3 is 0 Å². The highest BCUT2D eigenvalue weighted by molar-refractivity contribution is 9.10. The molecule has 0 aliphatic heterocycles. The summed E-state index contributed by atoms with van der Waals surface area (Å²) in [7, 11) is 1.90. The van der Waals surface area contributed by atoms with Gasteiger partial charge in [-0.25, -0.2) is 0 Å². The topological polar surface area (TPSA) is 46.9 Å². The molecule has 0 atom stereocenters. The van der Waals surface area contributed by atoms with E-state index in [1.807, 2.05) is 36.0 Å². The Bertz CT molecular complexity index is 631. The van der Waals surface area contributed by atoms with E-state index < -0.39 is 0 Å². The number of aryl methyl sites for hydroxylation is 1. The highest BCUT2D eigenvalue weighted by Crippen LogP contribution is 2.25. The highest BCUT2D eigenvalue weighted by Gasteiger charge is 2.24. The Hall–Kier alpha value is -1.62. The number of amides is 1. The van der Waals surface area contributed by atoms with Gasteiger partial charge in [-0.15, -0.1) is 0 Å². The number of rotatable bonds is 2. The first-order chi connectivity index (χ1) is 9.15. The largest absolute Gasteiger partial charge is 0.321 e. The first-order valence-electron chi connectivity index (χ1n) is 6.27. The summed E-state index contributed by atoms with van der Waals surface area (Å²) in [5.74, 6) is -0.124. The molecule has 0 saturated carbocycles. The van der Waals surface area contributed by atoms with E-state index in [9.17, 15) is 4.79 Å². The summed E-state index contributed by atoms with van der Waals surface area (Å²) in [5.41, 5.74) is 3.65. The number of anilines is 1. The number of carbonyl (C=O) groups is 1. The third-order valence-electron chi connectivity index (χ3n) is 3.43. The molecular formula is C14H14BrN3O. The quantitative estimate of drug-likeness (QED) is 0.925. The first kappa shape index (κ1) is 12.4. The number of hydrogen-bond donors (Lipinski definition) is 1. The van der Waals surface area contributed by atoms with E-state index in [4.69, 9.17) is 0 Å². The molecule has 19 heavy (non-hydrogen) atoms. The van der Waals surface area contributed by atoms with Crippen LogP contribution in [-0.4, -0.2) is 15.7 Å². The van der Waals surface area contributed by atoms with Crippen molar-refractivity contribution in [3.8, 4) is 0 Å². The van der Waals surface area contributed by atoms with Gasteiger partial charge in [-0.05, 0) is 43.5 Å². The van der Waals surface area contributed by atoms with Gasteiger partial charge in [-0.3, -0.25) is 9.48 Å². The number of carbonyl (C=O) groups excluding carboxylic acids is 1. The molecule has 1 aromatic carbocycles. The van der Waals surface area contributed by atoms with E-state index in [0.717, 1.165) is 35.0 Å². The average Bonchev–Trinajstić information content (AvgIpc) is 2.97. The molecule has 98 valence electrons. The van der Waals surface area contributed by atoms with Crippen LogP contribution >= 0.6 is 15.9 Å². The Kier molecular flexibility index (Phi) is 3.14. The van der Waals surface area contributed by atoms with Crippen LogP contribution in [0.15, 0.2) is 28.7 Å². The Balaban J connectivity index is 1.85. The van der Waals surface area contributed by atoms with Gasteiger partial charge in [0, 0.05) is 28.5 Å². The first-order valence-corrected chi connectivity index (χ1v) is 7.06. The number of fused-ring (bicyclic) bond motifs is 1. The summed E-state index contributed by atoms with van der Waals surface area (Å²) in [5, 5.41) is 7.23. The van der Waals surface area contributed by atoms with E-state index in [1.54, 1.807) is 0 Å². The molecule has 0 radical (unpaired) electrons. The van der Waals surface area contributed by atoms with Crippen molar-refractivity contribution in [1.29, 1.82) is 0 Å². The Morgan fingerprint density at radius 2 is 2.05 bits per heavy atom. The minimum Gasteiger partial charge on any atom is -0.321 e. The molecule has 4 nitrogen and oxygen atoms in total. The van der Waals surface area contributed by atoms with Crippen LogP contribution in [0.2, 0.25) is 0 Å². The van der Waals surface area contributed by atoms with Crippen LogP contribution in [0.1, 0.15) is 28.2 Å². The lowest BCUT2D eigenvalue weighted by molar-refractivity contribution is 0.102. The third kappa shape index (κ3) is 2.30. The Labute approximate surface area is 119 Å². The Morgan fingerprint density at radius 3 is 2.79 bits per heavy atom. The zero-order valence-electron chi connectivity index (χ0n) is 10.6. The molecule has 0 spiro atoms. The molecule has 1 N–H and O–H groups in total. The van der Waals surface area contributed by atoms with E-state index in [1.165, 1.54) is 5.69 Å². The molecule has 1 amide bonds. The van der Waals surface area contributed by atoms with Crippen LogP contribution in [0.3, 0.4) is 0 Å². The van der Waals surface area contributed by atoms with Gasteiger partial charge < -0.3 is 5.32 Å². The summed E-state index contributed by atoms with van der Waals surface area (Å²) in [6.45, 7) is 0. The molecule has 5 heteroatoms. The predicted molar refractivity (Wildman–Crippen MR) is 77.3 cm³/mol. The van der Waals surface area contributed by atoms with E-state index in [2.05, 4.69) is 26.3 Å². The maximum Gasteiger partial charge on any atom is 0.276 e. The molecule has 1 heterocycles. The van der Waals surface area contributed by atoms with E-state index >= 15 is 0 Å². The number of benzene rings is 1. The molecule has 0 bridgehead atoms. The molecular weight excluding hydrogens is 306 g/mol. The van der Waals surface area contributed by atoms with Crippen LogP contribution in [-0.2, 0) is 19.9 Å². The molecule has 1 aromatic heterocycles. The number of halogens is 1. The van der Waals surface area contributed by atoms with Crippen LogP contribution in [0.4, 0.5) is 5.69 Å². The van der Waals surface area contributed by atoms with Crippen LogP contribution < -0.4 is 5.32 Å². The van der Waals surface area contributed by atoms with Crippen molar-refractivity contribution in [3.05, 3.63) is 45.7 Å². The van der Waals surface area contributed by atoms with Crippen LogP contribution in [0.25, 0.3) is 0 Å². The second kappa shape index (κ2) is 4.81. The summed E-state index contributed by atoms with van der Waals surface area (Å²) < 4.78 is 2.82. The van der Waals surface area contributed by atoms with Crippen molar-refractivity contribution < 1.29 is 4.79 Å². The lowest BCUT2D eigenvalue weighted by Gasteiger charge is -2.04. The van der Waals surface area contributed by atoms with Crippen molar-refractivity contribution in [2.24, 2.45) is 7.05 Å². The number of aromatic nitrogens is 2. The van der Waals surface area contributed by atoms with Gasteiger partial charge in [-0.2, -0.15) is 5.10 Å². The lowest BCUT2D eigenvalue weighted by atomic mass is 10.2. The van der Waals surface area contributed by atoms with Crippen molar-refractivity contribution in [3.63, 3.8) is 0 Å². The normalized spacial score (nSPS) is 13.4. The number of nitrogens with zero attached hydrogens (tertiary/aromatic N) is 2. The van der Waals surface area contributed by atoms with Crippen molar-refractivity contribution in [2.45, 2.75) is 19.3 Å². The molecule has 1 aliphatic rings. The minimum atomic E-state index is -0.124. The molecule has 0 fully saturated rings. The fourth-order valence-electron chi connectivity index (χ4n) is 2.52. The minimum absolute atomic E-state index is 0.124. The van der Waals surface area contributed by atoms with Crippen molar-refractivity contribution >= 4 is 27.5 Å². The maximum atomic E-state index is 12.3. The SMILES string of the molecule is Cn1nc(C(=O)Nc2ccc(Br)cc2)c2c1CCC2. The van der Waals surface area contributed by atoms with Crippen molar-refractivity contribution in [2.75, 3.05) is 5.32 Å².